The molecule has 0 spiro atoms. The highest BCUT2D eigenvalue weighted by Crippen LogP contribution is 2.27. The Bertz CT molecular complexity index is 923. The number of likely N-dealkylation sites (N-methyl/N-ethyl adjacent to an activating group) is 1. The van der Waals surface area contributed by atoms with Gasteiger partial charge in [-0.15, -0.1) is 0 Å². The van der Waals surface area contributed by atoms with E-state index in [2.05, 4.69) is 4.98 Å². The Morgan fingerprint density at radius 1 is 1.12 bits per heavy atom. The third kappa shape index (κ3) is 3.42. The lowest BCUT2D eigenvalue weighted by Crippen LogP contribution is -2.23. The maximum Gasteiger partial charge on any atom is 0.250 e. The van der Waals surface area contributed by atoms with Crippen LogP contribution in [-0.2, 0) is 4.79 Å². The molecule has 0 atom stereocenters. The van der Waals surface area contributed by atoms with Gasteiger partial charge in [0.1, 0.15) is 0 Å². The van der Waals surface area contributed by atoms with Crippen molar-refractivity contribution in [1.29, 1.82) is 0 Å². The van der Waals surface area contributed by atoms with E-state index < -0.39 is 0 Å². The molecule has 3 rings (SSSR count). The molecule has 1 amide bonds. The summed E-state index contributed by atoms with van der Waals surface area (Å²) in [6.45, 7) is 0. The number of para-hydroxylation sites is 1. The third-order valence-electron chi connectivity index (χ3n) is 3.67. The van der Waals surface area contributed by atoms with E-state index in [-0.39, 0.29) is 5.91 Å². The SMILES string of the molecule is CN(C(=O)C=Cc1c(Cl)ccc2cc(Cl)cnc12)c1ccccc1. The predicted molar refractivity (Wildman–Crippen MR) is 101 cm³/mol. The van der Waals surface area contributed by atoms with Gasteiger partial charge in [-0.25, -0.2) is 0 Å². The smallest absolute Gasteiger partial charge is 0.250 e. The molecule has 24 heavy (non-hydrogen) atoms. The zero-order valence-corrected chi connectivity index (χ0v) is 14.4. The maximum absolute atomic E-state index is 12.4. The van der Waals surface area contributed by atoms with Crippen LogP contribution in [-0.4, -0.2) is 17.9 Å². The zero-order valence-electron chi connectivity index (χ0n) is 12.9. The standard InChI is InChI=1S/C19H14Cl2N2O/c1-23(15-5-3-2-4-6-15)18(24)10-8-16-17(21)9-7-13-11-14(20)12-22-19(13)16/h2-12H,1H3. The number of hydrogen-bond acceptors (Lipinski definition) is 2. The van der Waals surface area contributed by atoms with E-state index in [1.165, 1.54) is 6.08 Å². The molecule has 1 aromatic heterocycles. The molecule has 0 aliphatic rings. The number of amides is 1. The van der Waals surface area contributed by atoms with Crippen LogP contribution in [0.15, 0.2) is 60.8 Å². The van der Waals surface area contributed by atoms with Crippen molar-refractivity contribution in [2.24, 2.45) is 0 Å². The summed E-state index contributed by atoms with van der Waals surface area (Å²) in [7, 11) is 1.73. The average Bonchev–Trinajstić information content (AvgIpc) is 2.60. The molecule has 5 heteroatoms. The fraction of sp³-hybridized carbons (Fsp3) is 0.0526. The van der Waals surface area contributed by atoms with Gasteiger partial charge in [0.05, 0.1) is 15.6 Å². The van der Waals surface area contributed by atoms with Crippen molar-refractivity contribution in [3.63, 3.8) is 0 Å². The number of benzene rings is 2. The van der Waals surface area contributed by atoms with Gasteiger partial charge in [-0.3, -0.25) is 9.78 Å². The van der Waals surface area contributed by atoms with Gasteiger partial charge in [0, 0.05) is 36.0 Å². The van der Waals surface area contributed by atoms with E-state index in [4.69, 9.17) is 23.2 Å². The van der Waals surface area contributed by atoms with Crippen molar-refractivity contribution in [2.45, 2.75) is 0 Å². The number of nitrogens with zero attached hydrogens (tertiary/aromatic N) is 2. The van der Waals surface area contributed by atoms with Gasteiger partial charge in [-0.05, 0) is 30.3 Å². The fourth-order valence-electron chi connectivity index (χ4n) is 2.38. The summed E-state index contributed by atoms with van der Waals surface area (Å²) in [6.07, 6.45) is 4.74. The molecule has 2 aromatic carbocycles. The number of aromatic nitrogens is 1. The Hall–Kier alpha value is -2.36. The minimum atomic E-state index is -0.150. The number of carbonyl (C=O) groups is 1. The van der Waals surface area contributed by atoms with Crippen LogP contribution in [0.5, 0.6) is 0 Å². The first-order valence-corrected chi connectivity index (χ1v) is 8.06. The molecule has 1 heterocycles. The summed E-state index contributed by atoms with van der Waals surface area (Å²) >= 11 is 12.2. The zero-order chi connectivity index (χ0) is 17.1. The average molecular weight is 357 g/mol. The highest BCUT2D eigenvalue weighted by Gasteiger charge is 2.09. The second-order valence-electron chi connectivity index (χ2n) is 5.25. The normalized spacial score (nSPS) is 11.1. The van der Waals surface area contributed by atoms with Crippen molar-refractivity contribution >= 4 is 51.8 Å². The quantitative estimate of drug-likeness (QED) is 0.603. The van der Waals surface area contributed by atoms with Crippen LogP contribution in [0.25, 0.3) is 17.0 Å². The van der Waals surface area contributed by atoms with Crippen molar-refractivity contribution in [2.75, 3.05) is 11.9 Å². The lowest BCUT2D eigenvalue weighted by Gasteiger charge is -2.14. The number of anilines is 1. The van der Waals surface area contributed by atoms with Gasteiger partial charge in [-0.2, -0.15) is 0 Å². The van der Waals surface area contributed by atoms with Gasteiger partial charge < -0.3 is 4.90 Å². The van der Waals surface area contributed by atoms with Crippen LogP contribution in [0.1, 0.15) is 5.56 Å². The summed E-state index contributed by atoms with van der Waals surface area (Å²) in [5.74, 6) is -0.150. The molecule has 0 N–H and O–H groups in total. The van der Waals surface area contributed by atoms with Gasteiger partial charge >= 0.3 is 0 Å². The van der Waals surface area contributed by atoms with Crippen LogP contribution < -0.4 is 4.90 Å². The van der Waals surface area contributed by atoms with Crippen molar-refractivity contribution in [1.82, 2.24) is 4.98 Å². The molecular weight excluding hydrogens is 343 g/mol. The molecule has 0 saturated carbocycles. The van der Waals surface area contributed by atoms with Crippen LogP contribution in [0, 0.1) is 0 Å². The van der Waals surface area contributed by atoms with Gasteiger partial charge in [0.2, 0.25) is 0 Å². The van der Waals surface area contributed by atoms with Gasteiger partial charge in [-0.1, -0.05) is 47.5 Å². The molecule has 0 fully saturated rings. The number of halogens is 2. The molecule has 0 radical (unpaired) electrons. The maximum atomic E-state index is 12.4. The first-order valence-electron chi connectivity index (χ1n) is 7.31. The van der Waals surface area contributed by atoms with Crippen LogP contribution in [0.4, 0.5) is 5.69 Å². The van der Waals surface area contributed by atoms with Crippen molar-refractivity contribution < 1.29 is 4.79 Å². The lowest BCUT2D eigenvalue weighted by molar-refractivity contribution is -0.113. The lowest BCUT2D eigenvalue weighted by atomic mass is 10.1. The fourth-order valence-corrected chi connectivity index (χ4v) is 2.76. The highest BCUT2D eigenvalue weighted by molar-refractivity contribution is 6.34. The molecule has 3 nitrogen and oxygen atoms in total. The Kier molecular flexibility index (Phi) is 4.84. The second-order valence-corrected chi connectivity index (χ2v) is 6.10. The first kappa shape index (κ1) is 16.5. The van der Waals surface area contributed by atoms with Crippen molar-refractivity contribution in [3.8, 4) is 0 Å². The van der Waals surface area contributed by atoms with E-state index in [1.807, 2.05) is 42.5 Å². The third-order valence-corrected chi connectivity index (χ3v) is 4.21. The molecular formula is C19H14Cl2N2O. The van der Waals surface area contributed by atoms with Crippen LogP contribution >= 0.6 is 23.2 Å². The highest BCUT2D eigenvalue weighted by atomic mass is 35.5. The number of rotatable bonds is 3. The summed E-state index contributed by atoms with van der Waals surface area (Å²) in [5, 5.41) is 1.96. The predicted octanol–water partition coefficient (Wildman–Crippen LogP) is 5.22. The summed E-state index contributed by atoms with van der Waals surface area (Å²) < 4.78 is 0. The van der Waals surface area contributed by atoms with E-state index in [0.717, 1.165) is 11.1 Å². The number of fused-ring (bicyclic) bond motifs is 1. The van der Waals surface area contributed by atoms with Crippen molar-refractivity contribution in [3.05, 3.63) is 76.4 Å². The Morgan fingerprint density at radius 2 is 1.88 bits per heavy atom. The van der Waals surface area contributed by atoms with E-state index in [0.29, 0.717) is 21.1 Å². The summed E-state index contributed by atoms with van der Waals surface area (Å²) in [6, 6.07) is 14.9. The molecule has 0 aliphatic carbocycles. The Labute approximate surface area is 150 Å². The molecule has 3 aromatic rings. The first-order chi connectivity index (χ1) is 11.6. The second kappa shape index (κ2) is 7.04. The topological polar surface area (TPSA) is 33.2 Å². The van der Waals surface area contributed by atoms with Crippen LogP contribution in [0.2, 0.25) is 10.0 Å². The van der Waals surface area contributed by atoms with Gasteiger partial charge in [0.25, 0.3) is 5.91 Å². The van der Waals surface area contributed by atoms with E-state index in [9.17, 15) is 4.79 Å². The minimum absolute atomic E-state index is 0.150. The molecule has 120 valence electrons. The van der Waals surface area contributed by atoms with Crippen LogP contribution in [0.3, 0.4) is 0 Å². The Balaban J connectivity index is 1.93. The number of carbonyl (C=O) groups excluding carboxylic acids is 1. The van der Waals surface area contributed by atoms with E-state index >= 15 is 0 Å². The molecule has 0 unspecified atom stereocenters. The molecule has 0 bridgehead atoms. The number of hydrogen-bond donors (Lipinski definition) is 0. The molecule has 0 saturated heterocycles. The molecule has 0 aliphatic heterocycles. The number of pyridine rings is 1. The summed E-state index contributed by atoms with van der Waals surface area (Å²) in [4.78, 5) is 18.3. The monoisotopic (exact) mass is 356 g/mol. The van der Waals surface area contributed by atoms with Gasteiger partial charge in [0.15, 0.2) is 0 Å². The summed E-state index contributed by atoms with van der Waals surface area (Å²) in [5.41, 5.74) is 2.22. The Morgan fingerprint density at radius 3 is 2.62 bits per heavy atom. The van der Waals surface area contributed by atoms with E-state index in [1.54, 1.807) is 30.3 Å². The largest absolute Gasteiger partial charge is 0.312 e. The minimum Gasteiger partial charge on any atom is -0.312 e.